The third-order valence-corrected chi connectivity index (χ3v) is 2.12. The number of carbonyl (C=O) groups is 3. The van der Waals surface area contributed by atoms with Gasteiger partial charge in [0.25, 0.3) is 0 Å². The molecule has 0 fully saturated rings. The summed E-state index contributed by atoms with van der Waals surface area (Å²) in [4.78, 5) is 34.4. The number of carboxylic acids is 1. The molecular formula is C11H20N2O4. The molecule has 0 atom stereocenters. The van der Waals surface area contributed by atoms with Crippen LogP contribution in [0.15, 0.2) is 0 Å². The maximum Gasteiger partial charge on any atom is 0.323 e. The monoisotopic (exact) mass is 244 g/mol. The molecule has 2 N–H and O–H groups in total. The summed E-state index contributed by atoms with van der Waals surface area (Å²) in [7, 11) is 0. The number of nitrogens with zero attached hydrogens (tertiary/aromatic N) is 1. The fourth-order valence-corrected chi connectivity index (χ4v) is 1.32. The van der Waals surface area contributed by atoms with Crippen LogP contribution in [0, 0.1) is 0 Å². The van der Waals surface area contributed by atoms with Crippen LogP contribution in [0.3, 0.4) is 0 Å². The molecule has 0 aliphatic heterocycles. The van der Waals surface area contributed by atoms with Crippen LogP contribution in [0.2, 0.25) is 0 Å². The summed E-state index contributed by atoms with van der Waals surface area (Å²) in [5, 5.41) is 11.2. The van der Waals surface area contributed by atoms with Crippen LogP contribution in [0.5, 0.6) is 0 Å². The summed E-state index contributed by atoms with van der Waals surface area (Å²) in [6, 6.07) is 0. The van der Waals surface area contributed by atoms with Gasteiger partial charge in [-0.25, -0.2) is 0 Å². The summed E-state index contributed by atoms with van der Waals surface area (Å²) in [5.74, 6) is -1.54. The molecule has 0 bridgehead atoms. The molecule has 0 unspecified atom stereocenters. The van der Waals surface area contributed by atoms with Gasteiger partial charge in [0.2, 0.25) is 11.8 Å². The second kappa shape index (κ2) is 6.22. The average Bonchev–Trinajstić information content (AvgIpc) is 2.11. The first-order chi connectivity index (χ1) is 7.64. The zero-order chi connectivity index (χ0) is 13.6. The molecule has 0 saturated heterocycles. The van der Waals surface area contributed by atoms with Gasteiger partial charge in [0.1, 0.15) is 6.54 Å². The van der Waals surface area contributed by atoms with E-state index >= 15 is 0 Å². The molecule has 0 heterocycles. The molecule has 0 aromatic carbocycles. The third-order valence-electron chi connectivity index (χ3n) is 2.12. The lowest BCUT2D eigenvalue weighted by molar-refractivity contribution is -0.148. The number of carbonyl (C=O) groups excluding carboxylic acids is 2. The predicted octanol–water partition coefficient (Wildman–Crippen LogP) is 0.224. The van der Waals surface area contributed by atoms with E-state index < -0.39 is 11.5 Å². The van der Waals surface area contributed by atoms with Gasteiger partial charge in [-0.2, -0.15) is 0 Å². The fourth-order valence-electron chi connectivity index (χ4n) is 1.32. The molecular weight excluding hydrogens is 224 g/mol. The Morgan fingerprint density at radius 2 is 1.76 bits per heavy atom. The number of nitrogens with one attached hydrogen (secondary N) is 1. The van der Waals surface area contributed by atoms with Crippen LogP contribution >= 0.6 is 0 Å². The molecule has 0 aliphatic rings. The van der Waals surface area contributed by atoms with Crippen molar-refractivity contribution in [2.24, 2.45) is 0 Å². The average molecular weight is 244 g/mol. The normalized spacial score (nSPS) is 10.8. The Bertz CT molecular complexity index is 307. The molecule has 0 aliphatic carbocycles. The van der Waals surface area contributed by atoms with Crippen molar-refractivity contribution in [3.63, 3.8) is 0 Å². The topological polar surface area (TPSA) is 86.7 Å². The summed E-state index contributed by atoms with van der Waals surface area (Å²) in [6.45, 7) is 6.57. The zero-order valence-corrected chi connectivity index (χ0v) is 10.7. The lowest BCUT2D eigenvalue weighted by Gasteiger charge is -2.34. The summed E-state index contributed by atoms with van der Waals surface area (Å²) >= 11 is 0. The summed E-state index contributed by atoms with van der Waals surface area (Å²) in [5.41, 5.74) is -0.550. The number of carboxylic acid groups (broad SMARTS) is 1. The molecule has 0 aromatic heterocycles. The molecule has 0 aromatic rings. The molecule has 6 heteroatoms. The molecule has 6 nitrogen and oxygen atoms in total. The fraction of sp³-hybridized carbons (Fsp3) is 0.727. The highest BCUT2D eigenvalue weighted by molar-refractivity contribution is 5.82. The second-order valence-corrected chi connectivity index (χ2v) is 4.78. The zero-order valence-electron chi connectivity index (χ0n) is 10.7. The van der Waals surface area contributed by atoms with Gasteiger partial charge in [-0.3, -0.25) is 14.4 Å². The van der Waals surface area contributed by atoms with Crippen LogP contribution in [0.4, 0.5) is 0 Å². The molecule has 0 rings (SSSR count). The Kier molecular flexibility index (Phi) is 5.64. The predicted molar refractivity (Wildman–Crippen MR) is 62.4 cm³/mol. The second-order valence-electron chi connectivity index (χ2n) is 4.78. The van der Waals surface area contributed by atoms with E-state index in [0.29, 0.717) is 0 Å². The van der Waals surface area contributed by atoms with Gasteiger partial charge in [-0.15, -0.1) is 0 Å². The van der Waals surface area contributed by atoms with E-state index in [2.05, 4.69) is 5.32 Å². The van der Waals surface area contributed by atoms with Crippen molar-refractivity contribution < 1.29 is 19.5 Å². The molecule has 0 radical (unpaired) electrons. The van der Waals surface area contributed by atoms with E-state index in [9.17, 15) is 14.4 Å². The molecule has 0 spiro atoms. The maximum atomic E-state index is 11.8. The number of hydrogen-bond acceptors (Lipinski definition) is 3. The van der Waals surface area contributed by atoms with Crippen LogP contribution in [-0.4, -0.2) is 46.4 Å². The van der Waals surface area contributed by atoms with Gasteiger partial charge < -0.3 is 15.3 Å². The minimum absolute atomic E-state index is 0.101. The molecule has 17 heavy (non-hydrogen) atoms. The maximum absolute atomic E-state index is 11.8. The highest BCUT2D eigenvalue weighted by Gasteiger charge is 2.27. The highest BCUT2D eigenvalue weighted by atomic mass is 16.4. The van der Waals surface area contributed by atoms with Crippen molar-refractivity contribution in [1.29, 1.82) is 0 Å². The molecule has 2 amide bonds. The first-order valence-electron chi connectivity index (χ1n) is 5.41. The highest BCUT2D eigenvalue weighted by Crippen LogP contribution is 2.14. The van der Waals surface area contributed by atoms with Crippen molar-refractivity contribution >= 4 is 17.8 Å². The van der Waals surface area contributed by atoms with E-state index in [1.165, 1.54) is 11.8 Å². The van der Waals surface area contributed by atoms with Crippen LogP contribution in [-0.2, 0) is 14.4 Å². The number of hydrogen-bond donors (Lipinski definition) is 2. The Morgan fingerprint density at radius 1 is 1.24 bits per heavy atom. The van der Waals surface area contributed by atoms with Gasteiger partial charge in [0.05, 0.1) is 0 Å². The van der Waals surface area contributed by atoms with E-state index in [1.807, 2.05) is 0 Å². The van der Waals surface area contributed by atoms with Crippen molar-refractivity contribution in [2.75, 3.05) is 13.1 Å². The SMILES string of the molecule is CC(=O)NCCC(=O)N(CC(=O)O)C(C)(C)C. The van der Waals surface area contributed by atoms with Crippen molar-refractivity contribution in [2.45, 2.75) is 39.7 Å². The Labute approximate surface area is 101 Å². The van der Waals surface area contributed by atoms with E-state index in [-0.39, 0.29) is 31.3 Å². The number of amides is 2. The van der Waals surface area contributed by atoms with Gasteiger partial charge in [0.15, 0.2) is 0 Å². The summed E-state index contributed by atoms with van der Waals surface area (Å²) < 4.78 is 0. The van der Waals surface area contributed by atoms with E-state index in [0.717, 1.165) is 0 Å². The van der Waals surface area contributed by atoms with Gasteiger partial charge in [0, 0.05) is 25.4 Å². The van der Waals surface area contributed by atoms with Crippen molar-refractivity contribution in [1.82, 2.24) is 10.2 Å². The smallest absolute Gasteiger partial charge is 0.323 e. The van der Waals surface area contributed by atoms with Gasteiger partial charge in [-0.1, -0.05) is 0 Å². The number of aliphatic carboxylic acids is 1. The first-order valence-corrected chi connectivity index (χ1v) is 5.41. The minimum atomic E-state index is -1.05. The lowest BCUT2D eigenvalue weighted by atomic mass is 10.1. The Hall–Kier alpha value is -1.59. The van der Waals surface area contributed by atoms with Crippen LogP contribution in [0.1, 0.15) is 34.1 Å². The van der Waals surface area contributed by atoms with Crippen LogP contribution in [0.25, 0.3) is 0 Å². The Balaban J connectivity index is 4.44. The minimum Gasteiger partial charge on any atom is -0.480 e. The number of rotatable bonds is 5. The Morgan fingerprint density at radius 3 is 2.12 bits per heavy atom. The third kappa shape index (κ3) is 6.55. The first kappa shape index (κ1) is 15.4. The largest absolute Gasteiger partial charge is 0.480 e. The van der Waals surface area contributed by atoms with E-state index in [4.69, 9.17) is 5.11 Å². The van der Waals surface area contributed by atoms with Crippen LogP contribution < -0.4 is 5.32 Å². The summed E-state index contributed by atoms with van der Waals surface area (Å²) in [6.07, 6.45) is 0.101. The molecule has 98 valence electrons. The quantitative estimate of drug-likeness (QED) is 0.724. The van der Waals surface area contributed by atoms with Gasteiger partial charge in [-0.05, 0) is 20.8 Å². The van der Waals surface area contributed by atoms with Crippen molar-refractivity contribution in [3.05, 3.63) is 0 Å². The van der Waals surface area contributed by atoms with E-state index in [1.54, 1.807) is 20.8 Å². The standard InChI is InChI=1S/C11H20N2O4/c1-8(14)12-6-5-9(15)13(7-10(16)17)11(2,3)4/h5-7H2,1-4H3,(H,12,14)(H,16,17). The van der Waals surface area contributed by atoms with Gasteiger partial charge >= 0.3 is 5.97 Å². The lowest BCUT2D eigenvalue weighted by Crippen LogP contribution is -2.48. The van der Waals surface area contributed by atoms with Crippen molar-refractivity contribution in [3.8, 4) is 0 Å². The molecule has 0 saturated carbocycles.